The third kappa shape index (κ3) is 1.88. The van der Waals surface area contributed by atoms with Crippen molar-refractivity contribution in [3.63, 3.8) is 0 Å². The summed E-state index contributed by atoms with van der Waals surface area (Å²) in [7, 11) is 0. The Hall–Kier alpha value is -1.49. The number of hydrogen-bond donors (Lipinski definition) is 1. The van der Waals surface area contributed by atoms with Crippen molar-refractivity contribution in [2.24, 2.45) is 5.92 Å². The van der Waals surface area contributed by atoms with E-state index < -0.39 is 0 Å². The number of hydrogen-bond acceptors (Lipinski definition) is 4. The van der Waals surface area contributed by atoms with Crippen molar-refractivity contribution in [2.45, 2.75) is 33.6 Å². The Morgan fingerprint density at radius 3 is 2.83 bits per heavy atom. The summed E-state index contributed by atoms with van der Waals surface area (Å²) in [4.78, 5) is 8.90. The molecule has 5 nitrogen and oxygen atoms in total. The van der Waals surface area contributed by atoms with Gasteiger partial charge in [-0.25, -0.2) is 9.50 Å². The fraction of sp³-hybridized carbons (Fsp3) is 0.615. The van der Waals surface area contributed by atoms with Gasteiger partial charge in [0.2, 0.25) is 0 Å². The van der Waals surface area contributed by atoms with Gasteiger partial charge in [0, 0.05) is 11.4 Å². The monoisotopic (exact) mass is 245 g/mol. The molecule has 1 saturated heterocycles. The van der Waals surface area contributed by atoms with Crippen LogP contribution in [-0.4, -0.2) is 32.7 Å². The third-order valence-electron chi connectivity index (χ3n) is 3.81. The van der Waals surface area contributed by atoms with Crippen molar-refractivity contribution >= 4 is 5.78 Å². The average Bonchev–Trinajstić information content (AvgIpc) is 2.93. The Morgan fingerprint density at radius 2 is 2.11 bits per heavy atom. The molecular formula is C13H19N5. The molecule has 0 bridgehead atoms. The molecule has 3 heterocycles. The lowest BCUT2D eigenvalue weighted by atomic mass is 9.97. The first-order valence-corrected chi connectivity index (χ1v) is 6.55. The van der Waals surface area contributed by atoms with Gasteiger partial charge in [0.05, 0.1) is 0 Å². The van der Waals surface area contributed by atoms with Crippen LogP contribution < -0.4 is 5.32 Å². The van der Waals surface area contributed by atoms with Crippen LogP contribution >= 0.6 is 0 Å². The molecule has 1 aliphatic rings. The molecule has 1 N–H and O–H groups in total. The van der Waals surface area contributed by atoms with E-state index in [2.05, 4.69) is 34.2 Å². The van der Waals surface area contributed by atoms with Gasteiger partial charge in [0.25, 0.3) is 5.78 Å². The molecule has 0 spiro atoms. The van der Waals surface area contributed by atoms with Crippen molar-refractivity contribution in [1.29, 1.82) is 0 Å². The molecule has 5 heteroatoms. The molecule has 1 aliphatic heterocycles. The highest BCUT2D eigenvalue weighted by molar-refractivity contribution is 5.37. The van der Waals surface area contributed by atoms with Crippen LogP contribution in [0, 0.1) is 26.7 Å². The van der Waals surface area contributed by atoms with Gasteiger partial charge in [0.15, 0.2) is 0 Å². The van der Waals surface area contributed by atoms with Gasteiger partial charge in [0.1, 0.15) is 5.82 Å². The van der Waals surface area contributed by atoms with Crippen LogP contribution in [0.15, 0.2) is 0 Å². The molecule has 0 aliphatic carbocycles. The zero-order valence-corrected chi connectivity index (χ0v) is 11.2. The Kier molecular flexibility index (Phi) is 2.78. The number of fused-ring (bicyclic) bond motifs is 1. The van der Waals surface area contributed by atoms with Crippen LogP contribution in [0.3, 0.4) is 0 Å². The quantitative estimate of drug-likeness (QED) is 0.864. The van der Waals surface area contributed by atoms with Crippen LogP contribution in [0.25, 0.3) is 5.78 Å². The fourth-order valence-corrected chi connectivity index (χ4v) is 2.78. The SMILES string of the molecule is Cc1nc2nc(C)c(C[C@@H]3CCNC3)c(C)n2n1. The number of rotatable bonds is 2. The van der Waals surface area contributed by atoms with Crippen molar-refractivity contribution in [3.8, 4) is 0 Å². The van der Waals surface area contributed by atoms with E-state index in [1.54, 1.807) is 0 Å². The standard InChI is InChI=1S/C13H19N5/c1-8-12(6-11-4-5-14-7-11)9(2)18-13(15-8)16-10(3)17-18/h11,14H,4-7H2,1-3H3/t11-/m0/s1. The van der Waals surface area contributed by atoms with Gasteiger partial charge in [-0.1, -0.05) is 0 Å². The molecule has 96 valence electrons. The summed E-state index contributed by atoms with van der Waals surface area (Å²) in [5.74, 6) is 2.23. The fourth-order valence-electron chi connectivity index (χ4n) is 2.78. The Labute approximate surface area is 107 Å². The smallest absolute Gasteiger partial charge is 0.252 e. The van der Waals surface area contributed by atoms with Gasteiger partial charge < -0.3 is 5.32 Å². The maximum Gasteiger partial charge on any atom is 0.252 e. The second-order valence-corrected chi connectivity index (χ2v) is 5.19. The van der Waals surface area contributed by atoms with E-state index in [4.69, 9.17) is 0 Å². The van der Waals surface area contributed by atoms with E-state index in [0.717, 1.165) is 42.7 Å². The van der Waals surface area contributed by atoms with Gasteiger partial charge in [-0.2, -0.15) is 10.1 Å². The molecule has 0 unspecified atom stereocenters. The molecule has 0 saturated carbocycles. The van der Waals surface area contributed by atoms with Gasteiger partial charge in [-0.05, 0) is 58.2 Å². The minimum Gasteiger partial charge on any atom is -0.316 e. The topological polar surface area (TPSA) is 55.1 Å². The largest absolute Gasteiger partial charge is 0.316 e. The molecule has 1 fully saturated rings. The maximum atomic E-state index is 4.57. The number of aryl methyl sites for hydroxylation is 3. The lowest BCUT2D eigenvalue weighted by Gasteiger charge is -2.13. The summed E-state index contributed by atoms with van der Waals surface area (Å²) < 4.78 is 1.88. The first-order chi connectivity index (χ1) is 8.65. The number of aromatic nitrogens is 4. The number of nitrogens with zero attached hydrogens (tertiary/aromatic N) is 4. The maximum absolute atomic E-state index is 4.57. The first kappa shape index (κ1) is 11.6. The van der Waals surface area contributed by atoms with Crippen molar-refractivity contribution in [3.05, 3.63) is 22.8 Å². The molecule has 2 aromatic heterocycles. The van der Waals surface area contributed by atoms with Crippen LogP contribution in [0.2, 0.25) is 0 Å². The Balaban J connectivity index is 2.04. The van der Waals surface area contributed by atoms with Crippen LogP contribution in [0.1, 0.15) is 29.2 Å². The average molecular weight is 245 g/mol. The highest BCUT2D eigenvalue weighted by Crippen LogP contribution is 2.20. The predicted molar refractivity (Wildman–Crippen MR) is 69.7 cm³/mol. The molecule has 3 rings (SSSR count). The minimum atomic E-state index is 0.718. The van der Waals surface area contributed by atoms with Crippen LogP contribution in [-0.2, 0) is 6.42 Å². The van der Waals surface area contributed by atoms with Crippen LogP contribution in [0.4, 0.5) is 0 Å². The second-order valence-electron chi connectivity index (χ2n) is 5.19. The molecule has 0 radical (unpaired) electrons. The van der Waals surface area contributed by atoms with Crippen molar-refractivity contribution < 1.29 is 0 Å². The zero-order valence-electron chi connectivity index (χ0n) is 11.2. The molecule has 0 aromatic carbocycles. The van der Waals surface area contributed by atoms with E-state index in [1.807, 2.05) is 11.4 Å². The molecule has 18 heavy (non-hydrogen) atoms. The summed E-state index contributed by atoms with van der Waals surface area (Å²) in [6, 6.07) is 0. The van der Waals surface area contributed by atoms with Gasteiger partial charge >= 0.3 is 0 Å². The normalized spacial score (nSPS) is 19.8. The predicted octanol–water partition coefficient (Wildman–Crippen LogP) is 1.20. The molecule has 1 atom stereocenters. The van der Waals surface area contributed by atoms with E-state index in [9.17, 15) is 0 Å². The lowest BCUT2D eigenvalue weighted by molar-refractivity contribution is 0.571. The summed E-state index contributed by atoms with van der Waals surface area (Å²) in [6.45, 7) is 8.36. The summed E-state index contributed by atoms with van der Waals surface area (Å²) in [5, 5.41) is 7.83. The molecule has 2 aromatic rings. The van der Waals surface area contributed by atoms with E-state index in [0.29, 0.717) is 0 Å². The lowest BCUT2D eigenvalue weighted by Crippen LogP contribution is -2.14. The molecular weight excluding hydrogens is 226 g/mol. The van der Waals surface area contributed by atoms with Crippen LogP contribution in [0.5, 0.6) is 0 Å². The summed E-state index contributed by atoms with van der Waals surface area (Å²) in [5.41, 5.74) is 3.62. The van der Waals surface area contributed by atoms with E-state index in [-0.39, 0.29) is 0 Å². The number of nitrogens with one attached hydrogen (secondary N) is 1. The zero-order chi connectivity index (χ0) is 12.7. The molecule has 0 amide bonds. The third-order valence-corrected chi connectivity index (χ3v) is 3.81. The second kappa shape index (κ2) is 4.31. The van der Waals surface area contributed by atoms with E-state index >= 15 is 0 Å². The first-order valence-electron chi connectivity index (χ1n) is 6.55. The van der Waals surface area contributed by atoms with Gasteiger partial charge in [-0.15, -0.1) is 0 Å². The van der Waals surface area contributed by atoms with Crippen molar-refractivity contribution in [1.82, 2.24) is 24.9 Å². The highest BCUT2D eigenvalue weighted by atomic mass is 15.3. The summed E-state index contributed by atoms with van der Waals surface area (Å²) in [6.07, 6.45) is 2.35. The van der Waals surface area contributed by atoms with Gasteiger partial charge in [-0.3, -0.25) is 0 Å². The minimum absolute atomic E-state index is 0.718. The highest BCUT2D eigenvalue weighted by Gasteiger charge is 2.19. The Bertz CT molecular complexity index is 581. The van der Waals surface area contributed by atoms with Crippen molar-refractivity contribution in [2.75, 3.05) is 13.1 Å². The van der Waals surface area contributed by atoms with E-state index in [1.165, 1.54) is 17.7 Å². The Morgan fingerprint density at radius 1 is 1.28 bits per heavy atom. The summed E-state index contributed by atoms with van der Waals surface area (Å²) >= 11 is 0.